The molecule has 0 atom stereocenters. The summed E-state index contributed by atoms with van der Waals surface area (Å²) in [6.07, 6.45) is 1.30. The molecule has 0 aliphatic heterocycles. The van der Waals surface area contributed by atoms with Gasteiger partial charge in [0.25, 0.3) is 0 Å². The second-order valence-electron chi connectivity index (χ2n) is 4.05. The van der Waals surface area contributed by atoms with E-state index in [9.17, 15) is 15.2 Å². The second-order valence-corrected chi connectivity index (χ2v) is 4.05. The van der Waals surface area contributed by atoms with Gasteiger partial charge in [0.15, 0.2) is 5.75 Å². The summed E-state index contributed by atoms with van der Waals surface area (Å²) in [6, 6.07) is 11.9. The van der Waals surface area contributed by atoms with Gasteiger partial charge in [0.1, 0.15) is 0 Å². The van der Waals surface area contributed by atoms with Crippen molar-refractivity contribution in [2.75, 3.05) is 12.5 Å². The number of methoxy groups -OCH3 is 1. The van der Waals surface area contributed by atoms with Crippen molar-refractivity contribution in [1.29, 1.82) is 0 Å². The van der Waals surface area contributed by atoms with Crippen LogP contribution in [0.1, 0.15) is 5.56 Å². The van der Waals surface area contributed by atoms with E-state index in [1.165, 1.54) is 25.5 Å². The third kappa shape index (κ3) is 3.27. The van der Waals surface area contributed by atoms with E-state index in [1.54, 1.807) is 0 Å². The number of hydrogen-bond acceptors (Lipinski definition) is 6. The Morgan fingerprint density at radius 2 is 2.00 bits per heavy atom. The lowest BCUT2D eigenvalue weighted by molar-refractivity contribution is -0.385. The Kier molecular flexibility index (Phi) is 4.35. The maximum atomic E-state index is 11.1. The van der Waals surface area contributed by atoms with Crippen LogP contribution in [0.2, 0.25) is 0 Å². The lowest BCUT2D eigenvalue weighted by Crippen LogP contribution is -2.00. The Labute approximate surface area is 120 Å². The highest BCUT2D eigenvalue weighted by molar-refractivity contribution is 5.88. The Morgan fingerprint density at radius 3 is 2.62 bits per heavy atom. The summed E-state index contributed by atoms with van der Waals surface area (Å²) in [5.41, 5.74) is 3.39. The molecule has 2 rings (SSSR count). The topological polar surface area (TPSA) is 97.0 Å². The van der Waals surface area contributed by atoms with Crippen LogP contribution in [-0.4, -0.2) is 23.4 Å². The molecule has 0 heterocycles. The lowest BCUT2D eigenvalue weighted by atomic mass is 10.1. The van der Waals surface area contributed by atoms with Gasteiger partial charge in [-0.2, -0.15) is 5.10 Å². The third-order valence-electron chi connectivity index (χ3n) is 2.70. The summed E-state index contributed by atoms with van der Waals surface area (Å²) in [6.45, 7) is 0. The fraction of sp³-hybridized carbons (Fsp3) is 0.0714. The highest BCUT2D eigenvalue weighted by atomic mass is 16.6. The molecule has 7 heteroatoms. The van der Waals surface area contributed by atoms with Gasteiger partial charge in [-0.3, -0.25) is 15.5 Å². The number of ether oxygens (including phenoxy) is 1. The molecule has 0 fully saturated rings. The first-order chi connectivity index (χ1) is 10.1. The zero-order chi connectivity index (χ0) is 15.2. The molecule has 0 aliphatic carbocycles. The fourth-order valence-electron chi connectivity index (χ4n) is 1.76. The molecule has 108 valence electrons. The van der Waals surface area contributed by atoms with Crippen LogP contribution in [0.5, 0.6) is 11.5 Å². The normalized spacial score (nSPS) is 10.5. The van der Waals surface area contributed by atoms with Crippen LogP contribution < -0.4 is 10.2 Å². The molecule has 2 aromatic carbocycles. The van der Waals surface area contributed by atoms with Crippen LogP contribution in [-0.2, 0) is 0 Å². The molecule has 0 amide bonds. The number of nitrogens with zero attached hydrogens (tertiary/aromatic N) is 2. The highest BCUT2D eigenvalue weighted by Gasteiger charge is 2.23. The average Bonchev–Trinajstić information content (AvgIpc) is 2.49. The molecule has 0 unspecified atom stereocenters. The van der Waals surface area contributed by atoms with Crippen LogP contribution in [0.15, 0.2) is 47.6 Å². The molecular weight excluding hydrogens is 274 g/mol. The number of anilines is 1. The number of hydrogen-bond donors (Lipinski definition) is 2. The van der Waals surface area contributed by atoms with Gasteiger partial charge in [0.05, 0.1) is 29.5 Å². The van der Waals surface area contributed by atoms with E-state index in [0.717, 1.165) is 5.69 Å². The fourth-order valence-corrected chi connectivity index (χ4v) is 1.76. The molecule has 0 saturated carbocycles. The average molecular weight is 287 g/mol. The van der Waals surface area contributed by atoms with E-state index in [0.29, 0.717) is 0 Å². The number of aromatic hydroxyl groups is 1. The van der Waals surface area contributed by atoms with Crippen LogP contribution in [0.4, 0.5) is 11.4 Å². The maximum Gasteiger partial charge on any atom is 0.323 e. The number of phenolic OH excluding ortho intramolecular Hbond substituents is 1. The summed E-state index contributed by atoms with van der Waals surface area (Å²) in [7, 11) is 1.26. The number of benzene rings is 2. The standard InChI is InChI=1S/C14H13N3O4/c1-21-14-12(18)8-7-10(13(14)17(19)20)9-15-16-11-5-3-2-4-6-11/h2-9,16,18H,1H3. The van der Waals surface area contributed by atoms with E-state index in [2.05, 4.69) is 10.5 Å². The second kappa shape index (κ2) is 6.38. The van der Waals surface area contributed by atoms with Gasteiger partial charge in [0.2, 0.25) is 5.75 Å². The number of para-hydroxylation sites is 1. The van der Waals surface area contributed by atoms with Gasteiger partial charge in [-0.15, -0.1) is 0 Å². The third-order valence-corrected chi connectivity index (χ3v) is 2.70. The first-order valence-electron chi connectivity index (χ1n) is 6.02. The maximum absolute atomic E-state index is 11.1. The van der Waals surface area contributed by atoms with E-state index in [4.69, 9.17) is 4.74 Å². The smallest absolute Gasteiger partial charge is 0.323 e. The van der Waals surface area contributed by atoms with Crippen molar-refractivity contribution < 1.29 is 14.8 Å². The van der Waals surface area contributed by atoms with Gasteiger partial charge in [-0.25, -0.2) is 0 Å². The minimum Gasteiger partial charge on any atom is -0.504 e. The zero-order valence-corrected chi connectivity index (χ0v) is 11.2. The molecule has 0 radical (unpaired) electrons. The van der Waals surface area contributed by atoms with Crippen molar-refractivity contribution in [2.45, 2.75) is 0 Å². The Balaban J connectivity index is 2.29. The van der Waals surface area contributed by atoms with Gasteiger partial charge in [-0.05, 0) is 24.3 Å². The van der Waals surface area contributed by atoms with Crippen molar-refractivity contribution in [3.63, 3.8) is 0 Å². The SMILES string of the molecule is COc1c(O)ccc(C=NNc2ccccc2)c1[N+](=O)[O-]. The Bertz CT molecular complexity index is 671. The number of nitro groups is 1. The molecule has 0 bridgehead atoms. The first-order valence-corrected chi connectivity index (χ1v) is 6.02. The molecular formula is C14H13N3O4. The number of hydrazone groups is 1. The van der Waals surface area contributed by atoms with Crippen LogP contribution >= 0.6 is 0 Å². The van der Waals surface area contributed by atoms with E-state index in [-0.39, 0.29) is 22.7 Å². The Hall–Kier alpha value is -3.09. The summed E-state index contributed by atoms with van der Waals surface area (Å²) < 4.78 is 4.87. The van der Waals surface area contributed by atoms with Crippen molar-refractivity contribution in [1.82, 2.24) is 0 Å². The lowest BCUT2D eigenvalue weighted by Gasteiger charge is -2.06. The molecule has 0 spiro atoms. The molecule has 0 aliphatic rings. The summed E-state index contributed by atoms with van der Waals surface area (Å²) in [5.74, 6) is -0.485. The van der Waals surface area contributed by atoms with Gasteiger partial charge < -0.3 is 9.84 Å². The summed E-state index contributed by atoms with van der Waals surface area (Å²) >= 11 is 0. The zero-order valence-electron chi connectivity index (χ0n) is 11.2. The van der Waals surface area contributed by atoms with Crippen LogP contribution in [0.25, 0.3) is 0 Å². The Morgan fingerprint density at radius 1 is 1.29 bits per heavy atom. The molecule has 0 aromatic heterocycles. The van der Waals surface area contributed by atoms with Crippen molar-refractivity contribution >= 4 is 17.6 Å². The quantitative estimate of drug-likeness (QED) is 0.500. The number of phenols is 1. The van der Waals surface area contributed by atoms with Gasteiger partial charge >= 0.3 is 5.69 Å². The molecule has 2 N–H and O–H groups in total. The molecule has 2 aromatic rings. The van der Waals surface area contributed by atoms with Crippen molar-refractivity contribution in [3.8, 4) is 11.5 Å². The van der Waals surface area contributed by atoms with E-state index >= 15 is 0 Å². The van der Waals surface area contributed by atoms with E-state index < -0.39 is 4.92 Å². The van der Waals surface area contributed by atoms with Crippen molar-refractivity contribution in [2.24, 2.45) is 5.10 Å². The predicted molar refractivity (Wildman–Crippen MR) is 79.0 cm³/mol. The molecule has 0 saturated heterocycles. The van der Waals surface area contributed by atoms with E-state index in [1.807, 2.05) is 30.3 Å². The van der Waals surface area contributed by atoms with Gasteiger partial charge in [-0.1, -0.05) is 18.2 Å². The largest absolute Gasteiger partial charge is 0.504 e. The number of rotatable bonds is 5. The van der Waals surface area contributed by atoms with Crippen LogP contribution in [0, 0.1) is 10.1 Å². The minimum absolute atomic E-state index is 0.191. The first kappa shape index (κ1) is 14.3. The highest BCUT2D eigenvalue weighted by Crippen LogP contribution is 2.37. The van der Waals surface area contributed by atoms with Crippen molar-refractivity contribution in [3.05, 3.63) is 58.1 Å². The summed E-state index contributed by atoms with van der Waals surface area (Å²) in [4.78, 5) is 10.5. The van der Waals surface area contributed by atoms with Gasteiger partial charge in [0, 0.05) is 0 Å². The molecule has 21 heavy (non-hydrogen) atoms. The van der Waals surface area contributed by atoms with Crippen LogP contribution in [0.3, 0.4) is 0 Å². The number of nitro benzene ring substituents is 1. The summed E-state index contributed by atoms with van der Waals surface area (Å²) in [5, 5.41) is 24.6. The minimum atomic E-state index is -0.623. The molecule has 7 nitrogen and oxygen atoms in total. The predicted octanol–water partition coefficient (Wildman–Crippen LogP) is 2.76. The monoisotopic (exact) mass is 287 g/mol. The number of nitrogens with one attached hydrogen (secondary N) is 1.